The molecular weight excluding hydrogens is 412 g/mol. The van der Waals surface area contributed by atoms with Crippen LogP contribution in [0.3, 0.4) is 0 Å². The van der Waals surface area contributed by atoms with Gasteiger partial charge >= 0.3 is 0 Å². The fraction of sp³-hybridized carbons (Fsp3) is 0.458. The first-order chi connectivity index (χ1) is 14.9. The van der Waals surface area contributed by atoms with Gasteiger partial charge in [-0.05, 0) is 74.4 Å². The van der Waals surface area contributed by atoms with E-state index in [1.54, 1.807) is 34.6 Å². The van der Waals surface area contributed by atoms with Gasteiger partial charge in [-0.1, -0.05) is 24.6 Å². The SMILES string of the molecule is CC1CCCCN1S(=O)(=O)c1cccc(C(=O)N2CCC(c3ccc(O)cc3)CC2)c1. The molecule has 0 radical (unpaired) electrons. The number of piperidine rings is 2. The number of likely N-dealkylation sites (tertiary alicyclic amines) is 1. The number of carbonyl (C=O) groups is 1. The number of hydrogen-bond donors (Lipinski definition) is 1. The average Bonchev–Trinajstić information content (AvgIpc) is 2.79. The molecule has 166 valence electrons. The minimum absolute atomic E-state index is 0.0166. The van der Waals surface area contributed by atoms with Crippen molar-refractivity contribution in [3.05, 3.63) is 59.7 Å². The summed E-state index contributed by atoms with van der Waals surface area (Å²) in [5.41, 5.74) is 1.60. The Morgan fingerprint density at radius 2 is 1.68 bits per heavy atom. The smallest absolute Gasteiger partial charge is 0.253 e. The average molecular weight is 443 g/mol. The number of benzene rings is 2. The summed E-state index contributed by atoms with van der Waals surface area (Å²) >= 11 is 0. The van der Waals surface area contributed by atoms with Crippen molar-refractivity contribution < 1.29 is 18.3 Å². The lowest BCUT2D eigenvalue weighted by molar-refractivity contribution is 0.0712. The molecule has 1 N–H and O–H groups in total. The molecule has 4 rings (SSSR count). The summed E-state index contributed by atoms with van der Waals surface area (Å²) in [6, 6.07) is 13.7. The lowest BCUT2D eigenvalue weighted by atomic mass is 9.89. The third kappa shape index (κ3) is 4.62. The highest BCUT2D eigenvalue weighted by Gasteiger charge is 2.32. The number of nitrogens with zero attached hydrogens (tertiary/aromatic N) is 2. The standard InChI is InChI=1S/C24H30N2O4S/c1-18-5-2-3-14-26(18)31(29,30)23-7-4-6-21(17-23)24(28)25-15-12-20(13-16-25)19-8-10-22(27)11-9-19/h4,6-11,17-18,20,27H,2-3,5,12-16H2,1H3. The molecule has 2 heterocycles. The summed E-state index contributed by atoms with van der Waals surface area (Å²) in [6.45, 7) is 3.74. The summed E-state index contributed by atoms with van der Waals surface area (Å²) in [5.74, 6) is 0.495. The number of sulfonamides is 1. The lowest BCUT2D eigenvalue weighted by Crippen LogP contribution is -2.42. The molecule has 0 spiro atoms. The van der Waals surface area contributed by atoms with Crippen LogP contribution in [-0.2, 0) is 10.0 Å². The van der Waals surface area contributed by atoms with E-state index in [0.29, 0.717) is 31.1 Å². The molecule has 0 aliphatic carbocycles. The molecule has 1 amide bonds. The third-order valence-corrected chi connectivity index (χ3v) is 8.59. The Morgan fingerprint density at radius 3 is 2.35 bits per heavy atom. The first-order valence-corrected chi connectivity index (χ1v) is 12.5. The molecule has 2 aliphatic rings. The Morgan fingerprint density at radius 1 is 0.968 bits per heavy atom. The van der Waals surface area contributed by atoms with E-state index in [-0.39, 0.29) is 22.6 Å². The van der Waals surface area contributed by atoms with Crippen LogP contribution in [0.4, 0.5) is 0 Å². The van der Waals surface area contributed by atoms with Crippen LogP contribution in [0.15, 0.2) is 53.4 Å². The maximum atomic E-state index is 13.2. The van der Waals surface area contributed by atoms with Crippen LogP contribution in [0.1, 0.15) is 60.9 Å². The zero-order chi connectivity index (χ0) is 22.0. The van der Waals surface area contributed by atoms with Crippen molar-refractivity contribution in [1.29, 1.82) is 0 Å². The number of rotatable bonds is 4. The van der Waals surface area contributed by atoms with Gasteiger partial charge in [0, 0.05) is 31.2 Å². The van der Waals surface area contributed by atoms with E-state index in [1.165, 1.54) is 11.6 Å². The molecule has 1 unspecified atom stereocenters. The Balaban J connectivity index is 1.46. The predicted molar refractivity (Wildman–Crippen MR) is 120 cm³/mol. The van der Waals surface area contributed by atoms with Crippen molar-refractivity contribution in [2.45, 2.75) is 55.9 Å². The largest absolute Gasteiger partial charge is 0.508 e. The second kappa shape index (κ2) is 9.01. The Kier molecular flexibility index (Phi) is 6.34. The minimum atomic E-state index is -3.60. The predicted octanol–water partition coefficient (Wildman–Crippen LogP) is 3.98. The molecule has 1 atom stereocenters. The molecule has 2 aromatic rings. The first kappa shape index (κ1) is 21.8. The number of carbonyl (C=O) groups excluding carboxylic acids is 1. The molecule has 2 aliphatic heterocycles. The van der Waals surface area contributed by atoms with Gasteiger partial charge in [0.1, 0.15) is 5.75 Å². The highest BCUT2D eigenvalue weighted by molar-refractivity contribution is 7.89. The zero-order valence-corrected chi connectivity index (χ0v) is 18.7. The molecule has 0 saturated carbocycles. The van der Waals surface area contributed by atoms with E-state index >= 15 is 0 Å². The van der Waals surface area contributed by atoms with Crippen LogP contribution < -0.4 is 0 Å². The fourth-order valence-electron chi connectivity index (χ4n) is 4.70. The van der Waals surface area contributed by atoms with Gasteiger partial charge in [-0.2, -0.15) is 4.31 Å². The topological polar surface area (TPSA) is 77.9 Å². The molecule has 0 bridgehead atoms. The van der Waals surface area contributed by atoms with Crippen molar-refractivity contribution in [3.63, 3.8) is 0 Å². The summed E-state index contributed by atoms with van der Waals surface area (Å²) in [4.78, 5) is 15.1. The second-order valence-electron chi connectivity index (χ2n) is 8.65. The maximum absolute atomic E-state index is 13.2. The van der Waals surface area contributed by atoms with Crippen LogP contribution in [0.5, 0.6) is 5.75 Å². The monoisotopic (exact) mass is 442 g/mol. The van der Waals surface area contributed by atoms with Gasteiger partial charge in [0.25, 0.3) is 5.91 Å². The summed E-state index contributed by atoms with van der Waals surface area (Å²) < 4.78 is 27.9. The van der Waals surface area contributed by atoms with Gasteiger partial charge in [-0.15, -0.1) is 0 Å². The molecular formula is C24H30N2O4S. The van der Waals surface area contributed by atoms with Gasteiger partial charge < -0.3 is 10.0 Å². The summed E-state index contributed by atoms with van der Waals surface area (Å²) in [5, 5.41) is 9.47. The van der Waals surface area contributed by atoms with E-state index in [9.17, 15) is 18.3 Å². The van der Waals surface area contributed by atoms with Gasteiger partial charge in [0.2, 0.25) is 10.0 Å². The quantitative estimate of drug-likeness (QED) is 0.777. The van der Waals surface area contributed by atoms with Crippen LogP contribution in [-0.4, -0.2) is 54.3 Å². The molecule has 0 aromatic heterocycles. The number of amides is 1. The van der Waals surface area contributed by atoms with Crippen molar-refractivity contribution in [1.82, 2.24) is 9.21 Å². The van der Waals surface area contributed by atoms with Gasteiger partial charge in [-0.3, -0.25) is 4.79 Å². The molecule has 2 fully saturated rings. The Hall–Kier alpha value is -2.38. The summed E-state index contributed by atoms with van der Waals surface area (Å²) in [7, 11) is -3.60. The van der Waals surface area contributed by atoms with Crippen molar-refractivity contribution in [2.24, 2.45) is 0 Å². The van der Waals surface area contributed by atoms with Crippen LogP contribution in [0, 0.1) is 0 Å². The third-order valence-electron chi connectivity index (χ3n) is 6.58. The normalized spacial score (nSPS) is 21.2. The Bertz CT molecular complexity index is 1030. The van der Waals surface area contributed by atoms with E-state index in [4.69, 9.17) is 0 Å². The molecule has 2 aromatic carbocycles. The van der Waals surface area contributed by atoms with Gasteiger partial charge in [-0.25, -0.2) is 8.42 Å². The molecule has 31 heavy (non-hydrogen) atoms. The molecule has 6 nitrogen and oxygen atoms in total. The van der Waals surface area contributed by atoms with Gasteiger partial charge in [0.15, 0.2) is 0 Å². The second-order valence-corrected chi connectivity index (χ2v) is 10.5. The van der Waals surface area contributed by atoms with Crippen molar-refractivity contribution in [3.8, 4) is 5.75 Å². The van der Waals surface area contributed by atoms with E-state index in [0.717, 1.165) is 32.1 Å². The van der Waals surface area contributed by atoms with Crippen molar-refractivity contribution in [2.75, 3.05) is 19.6 Å². The number of phenols is 1. The molecule has 2 saturated heterocycles. The maximum Gasteiger partial charge on any atom is 0.253 e. The highest BCUT2D eigenvalue weighted by atomic mass is 32.2. The van der Waals surface area contributed by atoms with Crippen LogP contribution in [0.2, 0.25) is 0 Å². The van der Waals surface area contributed by atoms with Crippen LogP contribution in [0.25, 0.3) is 0 Å². The van der Waals surface area contributed by atoms with E-state index < -0.39 is 10.0 Å². The Labute approximate surface area is 184 Å². The molecule has 7 heteroatoms. The zero-order valence-electron chi connectivity index (χ0n) is 17.9. The minimum Gasteiger partial charge on any atom is -0.508 e. The fourth-order valence-corrected chi connectivity index (χ4v) is 6.44. The lowest BCUT2D eigenvalue weighted by Gasteiger charge is -2.33. The van der Waals surface area contributed by atoms with E-state index in [1.807, 2.05) is 24.0 Å². The van der Waals surface area contributed by atoms with E-state index in [2.05, 4.69) is 0 Å². The summed E-state index contributed by atoms with van der Waals surface area (Å²) in [6.07, 6.45) is 4.48. The van der Waals surface area contributed by atoms with Crippen LogP contribution >= 0.6 is 0 Å². The number of phenolic OH excluding ortho intramolecular Hbond substituents is 1. The first-order valence-electron chi connectivity index (χ1n) is 11.1. The highest BCUT2D eigenvalue weighted by Crippen LogP contribution is 2.30. The number of aromatic hydroxyl groups is 1. The number of hydrogen-bond acceptors (Lipinski definition) is 4. The van der Waals surface area contributed by atoms with Gasteiger partial charge in [0.05, 0.1) is 4.90 Å². The van der Waals surface area contributed by atoms with Crippen molar-refractivity contribution >= 4 is 15.9 Å².